The lowest BCUT2D eigenvalue weighted by molar-refractivity contribution is 0.265. The van der Waals surface area contributed by atoms with Gasteiger partial charge in [-0.2, -0.15) is 0 Å². The van der Waals surface area contributed by atoms with Crippen LogP contribution in [0.1, 0.15) is 18.1 Å². The van der Waals surface area contributed by atoms with Crippen LogP contribution in [0.25, 0.3) is 0 Å². The van der Waals surface area contributed by atoms with E-state index in [-0.39, 0.29) is 17.4 Å². The molecule has 3 nitrogen and oxygen atoms in total. The maximum absolute atomic E-state index is 13.8. The summed E-state index contributed by atoms with van der Waals surface area (Å²) in [4.78, 5) is 0. The first-order chi connectivity index (χ1) is 14.0. The molecule has 0 atom stereocenters. The van der Waals surface area contributed by atoms with Crippen LogP contribution in [0.2, 0.25) is 5.02 Å². The highest BCUT2D eigenvalue weighted by molar-refractivity contribution is 9.10. The summed E-state index contributed by atoms with van der Waals surface area (Å²) in [5.74, 6) is 0.285. The quantitative estimate of drug-likeness (QED) is 0.376. The van der Waals surface area contributed by atoms with Gasteiger partial charge in [0.1, 0.15) is 18.2 Å². The van der Waals surface area contributed by atoms with Crippen LogP contribution in [0.15, 0.2) is 59.1 Å². The Balaban J connectivity index is 1.76. The van der Waals surface area contributed by atoms with Gasteiger partial charge in [-0.25, -0.2) is 8.78 Å². The number of hydrogen-bond donors (Lipinski definition) is 1. The zero-order valence-electron chi connectivity index (χ0n) is 15.6. The number of hydrogen-bond acceptors (Lipinski definition) is 3. The Morgan fingerprint density at radius 2 is 1.69 bits per heavy atom. The molecule has 3 rings (SSSR count). The molecular weight excluding hydrogens is 464 g/mol. The van der Waals surface area contributed by atoms with E-state index in [9.17, 15) is 8.78 Å². The second kappa shape index (κ2) is 9.94. The molecule has 0 aliphatic rings. The molecule has 0 bridgehead atoms. The third-order valence-corrected chi connectivity index (χ3v) is 5.18. The summed E-state index contributed by atoms with van der Waals surface area (Å²) in [6.07, 6.45) is 0. The Kier molecular flexibility index (Phi) is 7.34. The van der Waals surface area contributed by atoms with Crippen LogP contribution in [-0.2, 0) is 13.2 Å². The predicted molar refractivity (Wildman–Crippen MR) is 115 cm³/mol. The zero-order chi connectivity index (χ0) is 20.8. The van der Waals surface area contributed by atoms with Crippen molar-refractivity contribution >= 4 is 33.2 Å². The van der Waals surface area contributed by atoms with Gasteiger partial charge in [-0.3, -0.25) is 0 Å². The van der Waals surface area contributed by atoms with Gasteiger partial charge in [0.05, 0.1) is 11.6 Å². The lowest BCUT2D eigenvalue weighted by Crippen LogP contribution is -2.05. The third kappa shape index (κ3) is 5.61. The van der Waals surface area contributed by atoms with E-state index in [1.165, 1.54) is 18.2 Å². The normalized spacial score (nSPS) is 10.7. The Hall–Kier alpha value is -2.31. The molecule has 0 amide bonds. The van der Waals surface area contributed by atoms with Crippen molar-refractivity contribution in [3.63, 3.8) is 0 Å². The lowest BCUT2D eigenvalue weighted by Gasteiger charge is -2.16. The fourth-order valence-electron chi connectivity index (χ4n) is 2.67. The van der Waals surface area contributed by atoms with Gasteiger partial charge < -0.3 is 14.8 Å². The van der Waals surface area contributed by atoms with Crippen LogP contribution >= 0.6 is 27.5 Å². The molecule has 3 aromatic rings. The predicted octanol–water partition coefficient (Wildman–Crippen LogP) is 6.97. The van der Waals surface area contributed by atoms with Crippen LogP contribution in [-0.4, -0.2) is 6.61 Å². The maximum atomic E-state index is 13.8. The smallest absolute Gasteiger partial charge is 0.162 e. The van der Waals surface area contributed by atoms with E-state index in [1.54, 1.807) is 30.3 Å². The molecule has 3 aromatic carbocycles. The van der Waals surface area contributed by atoms with Crippen molar-refractivity contribution in [2.75, 3.05) is 11.9 Å². The summed E-state index contributed by atoms with van der Waals surface area (Å²) in [7, 11) is 0. The summed E-state index contributed by atoms with van der Waals surface area (Å²) in [6, 6.07) is 14.6. The number of halogens is 4. The fourth-order valence-corrected chi connectivity index (χ4v) is 3.31. The molecule has 152 valence electrons. The molecule has 0 aliphatic heterocycles. The standard InChI is InChI=1S/C22H19BrClF2NO2/c1-2-28-21-9-15(12-27-16-7-8-20(26)18(24)10-16)17(23)11-22(21)29-13-14-5-3-4-6-19(14)25/h3-11,27H,2,12-13H2,1H3. The first-order valence-corrected chi connectivity index (χ1v) is 10.2. The van der Waals surface area contributed by atoms with Gasteiger partial charge in [0.25, 0.3) is 0 Å². The highest BCUT2D eigenvalue weighted by atomic mass is 79.9. The van der Waals surface area contributed by atoms with Crippen LogP contribution in [0.4, 0.5) is 14.5 Å². The molecule has 7 heteroatoms. The number of rotatable bonds is 8. The van der Waals surface area contributed by atoms with Gasteiger partial charge in [0.2, 0.25) is 0 Å². The van der Waals surface area contributed by atoms with Crippen molar-refractivity contribution in [2.24, 2.45) is 0 Å². The molecule has 0 radical (unpaired) electrons. The Morgan fingerprint density at radius 1 is 0.931 bits per heavy atom. The first kappa shape index (κ1) is 21.4. The van der Waals surface area contributed by atoms with Gasteiger partial charge in [-0.05, 0) is 48.9 Å². The zero-order valence-corrected chi connectivity index (χ0v) is 18.0. The molecule has 0 fully saturated rings. The molecular formula is C22H19BrClF2NO2. The van der Waals surface area contributed by atoms with Crippen molar-refractivity contribution < 1.29 is 18.3 Å². The van der Waals surface area contributed by atoms with E-state index in [0.717, 1.165) is 10.0 Å². The second-order valence-corrected chi connectivity index (χ2v) is 7.45. The summed E-state index contributed by atoms with van der Waals surface area (Å²) >= 11 is 9.36. The number of benzene rings is 3. The van der Waals surface area contributed by atoms with Crippen LogP contribution in [0.3, 0.4) is 0 Å². The minimum Gasteiger partial charge on any atom is -0.490 e. The van der Waals surface area contributed by atoms with Gasteiger partial charge in [0, 0.05) is 22.3 Å². The number of ether oxygens (including phenoxy) is 2. The first-order valence-electron chi connectivity index (χ1n) is 8.98. The van der Waals surface area contributed by atoms with E-state index >= 15 is 0 Å². The van der Waals surface area contributed by atoms with Gasteiger partial charge in [-0.1, -0.05) is 45.7 Å². The highest BCUT2D eigenvalue weighted by Gasteiger charge is 2.12. The van der Waals surface area contributed by atoms with E-state index in [2.05, 4.69) is 21.2 Å². The summed E-state index contributed by atoms with van der Waals surface area (Å²) in [6.45, 7) is 2.88. The van der Waals surface area contributed by atoms with E-state index in [0.29, 0.717) is 35.9 Å². The average Bonchev–Trinajstić information content (AvgIpc) is 2.70. The van der Waals surface area contributed by atoms with E-state index in [4.69, 9.17) is 21.1 Å². The molecule has 0 saturated heterocycles. The van der Waals surface area contributed by atoms with Crippen molar-refractivity contribution in [1.29, 1.82) is 0 Å². The third-order valence-electron chi connectivity index (χ3n) is 4.16. The number of anilines is 1. The van der Waals surface area contributed by atoms with E-state index < -0.39 is 5.82 Å². The molecule has 1 N–H and O–H groups in total. The minimum atomic E-state index is -0.464. The summed E-state index contributed by atoms with van der Waals surface area (Å²) in [5.41, 5.74) is 2.07. The summed E-state index contributed by atoms with van der Waals surface area (Å²) < 4.78 is 39.5. The van der Waals surface area contributed by atoms with Crippen molar-refractivity contribution in [3.8, 4) is 11.5 Å². The molecule has 29 heavy (non-hydrogen) atoms. The van der Waals surface area contributed by atoms with Crippen molar-refractivity contribution in [1.82, 2.24) is 0 Å². The Morgan fingerprint density at radius 3 is 2.41 bits per heavy atom. The van der Waals surface area contributed by atoms with Crippen LogP contribution in [0.5, 0.6) is 11.5 Å². The Bertz CT molecular complexity index is 1000. The monoisotopic (exact) mass is 481 g/mol. The maximum Gasteiger partial charge on any atom is 0.162 e. The second-order valence-electron chi connectivity index (χ2n) is 6.19. The van der Waals surface area contributed by atoms with Gasteiger partial charge in [-0.15, -0.1) is 0 Å². The highest BCUT2D eigenvalue weighted by Crippen LogP contribution is 2.35. The minimum absolute atomic E-state index is 0.0564. The lowest BCUT2D eigenvalue weighted by atomic mass is 10.2. The van der Waals surface area contributed by atoms with Crippen molar-refractivity contribution in [3.05, 3.63) is 86.9 Å². The Labute approximate surface area is 181 Å². The largest absolute Gasteiger partial charge is 0.490 e. The van der Waals surface area contributed by atoms with Gasteiger partial charge in [0.15, 0.2) is 11.5 Å². The molecule has 0 saturated carbocycles. The molecule has 0 spiro atoms. The molecule has 0 aromatic heterocycles. The van der Waals surface area contributed by atoms with Crippen LogP contribution in [0, 0.1) is 11.6 Å². The number of nitrogens with one attached hydrogen (secondary N) is 1. The van der Waals surface area contributed by atoms with E-state index in [1.807, 2.05) is 13.0 Å². The SMILES string of the molecule is CCOc1cc(CNc2ccc(F)c(Cl)c2)c(Br)cc1OCc1ccccc1F. The van der Waals surface area contributed by atoms with Gasteiger partial charge >= 0.3 is 0 Å². The fraction of sp³-hybridized carbons (Fsp3) is 0.182. The molecule has 0 heterocycles. The molecule has 0 aliphatic carbocycles. The average molecular weight is 483 g/mol. The van der Waals surface area contributed by atoms with Crippen molar-refractivity contribution in [2.45, 2.75) is 20.1 Å². The van der Waals surface area contributed by atoms with Crippen LogP contribution < -0.4 is 14.8 Å². The molecule has 0 unspecified atom stereocenters. The topological polar surface area (TPSA) is 30.5 Å². The summed E-state index contributed by atoms with van der Waals surface area (Å²) in [5, 5.41) is 3.25.